The first-order valence-corrected chi connectivity index (χ1v) is 3.78. The van der Waals surface area contributed by atoms with Crippen LogP contribution in [0.4, 0.5) is 0 Å². The van der Waals surface area contributed by atoms with Gasteiger partial charge in [0.1, 0.15) is 0 Å². The third kappa shape index (κ3) is 7.88. The maximum absolute atomic E-state index is 8.43. The van der Waals surface area contributed by atoms with Crippen LogP contribution in [0.2, 0.25) is 0 Å². The highest BCUT2D eigenvalue weighted by Crippen LogP contribution is 1.96. The van der Waals surface area contributed by atoms with Crippen molar-refractivity contribution in [1.82, 2.24) is 5.48 Å². The fourth-order valence-electron chi connectivity index (χ4n) is 0.765. The van der Waals surface area contributed by atoms with Gasteiger partial charge >= 0.3 is 0 Å². The number of rotatable bonds is 7. The van der Waals surface area contributed by atoms with Crippen molar-refractivity contribution in [1.29, 1.82) is 0 Å². The van der Waals surface area contributed by atoms with E-state index in [-0.39, 0.29) is 0 Å². The van der Waals surface area contributed by atoms with Crippen molar-refractivity contribution in [3.8, 4) is 0 Å². The number of hydrogen-bond acceptors (Lipinski definition) is 3. The molecule has 0 saturated heterocycles. The number of aliphatic hydroxyl groups excluding tert-OH is 1. The molecule has 0 spiro atoms. The summed E-state index contributed by atoms with van der Waals surface area (Å²) in [4.78, 5) is 4.65. The molecule has 0 aromatic rings. The second kappa shape index (κ2) is 8.88. The summed E-state index contributed by atoms with van der Waals surface area (Å²) in [6, 6.07) is 0. The van der Waals surface area contributed by atoms with Gasteiger partial charge in [-0.2, -0.15) is 0 Å². The van der Waals surface area contributed by atoms with Crippen molar-refractivity contribution < 1.29 is 9.94 Å². The quantitative estimate of drug-likeness (QED) is 0.411. The van der Waals surface area contributed by atoms with Crippen LogP contribution in [0.5, 0.6) is 0 Å². The minimum absolute atomic E-state index is 0.317. The van der Waals surface area contributed by atoms with E-state index in [1.807, 2.05) is 0 Å². The molecular formula is C7H17NO2. The Morgan fingerprint density at radius 2 is 1.90 bits per heavy atom. The third-order valence-corrected chi connectivity index (χ3v) is 1.33. The molecule has 3 heteroatoms. The second-order valence-electron chi connectivity index (χ2n) is 2.24. The topological polar surface area (TPSA) is 41.5 Å². The molecule has 0 radical (unpaired) electrons. The van der Waals surface area contributed by atoms with Gasteiger partial charge in [0.15, 0.2) is 0 Å². The molecule has 0 rings (SSSR count). The van der Waals surface area contributed by atoms with Gasteiger partial charge in [0.2, 0.25) is 0 Å². The highest BCUT2D eigenvalue weighted by Gasteiger charge is 1.87. The lowest BCUT2D eigenvalue weighted by Crippen LogP contribution is -2.12. The zero-order chi connectivity index (χ0) is 7.66. The SMILES string of the molecule is CONCCCCCCO. The molecule has 0 amide bonds. The molecule has 0 fully saturated rings. The third-order valence-electron chi connectivity index (χ3n) is 1.33. The van der Waals surface area contributed by atoms with E-state index in [0.717, 1.165) is 32.2 Å². The fourth-order valence-corrected chi connectivity index (χ4v) is 0.765. The molecule has 0 aliphatic rings. The van der Waals surface area contributed by atoms with E-state index < -0.39 is 0 Å². The molecule has 0 heterocycles. The summed E-state index contributed by atoms with van der Waals surface area (Å²) in [5.41, 5.74) is 2.76. The summed E-state index contributed by atoms with van der Waals surface area (Å²) in [5.74, 6) is 0. The Hall–Kier alpha value is -0.120. The van der Waals surface area contributed by atoms with Crippen molar-refractivity contribution in [3.63, 3.8) is 0 Å². The van der Waals surface area contributed by atoms with Crippen LogP contribution in [0.3, 0.4) is 0 Å². The van der Waals surface area contributed by atoms with E-state index in [2.05, 4.69) is 10.3 Å². The van der Waals surface area contributed by atoms with Crippen LogP contribution >= 0.6 is 0 Å². The van der Waals surface area contributed by atoms with Gasteiger partial charge in [-0.1, -0.05) is 12.8 Å². The fraction of sp³-hybridized carbons (Fsp3) is 1.00. The number of hydroxylamine groups is 1. The van der Waals surface area contributed by atoms with Crippen LogP contribution in [0.1, 0.15) is 25.7 Å². The van der Waals surface area contributed by atoms with Crippen molar-refractivity contribution in [2.45, 2.75) is 25.7 Å². The molecular weight excluding hydrogens is 130 g/mol. The largest absolute Gasteiger partial charge is 0.396 e. The smallest absolute Gasteiger partial charge is 0.0572 e. The molecule has 0 aliphatic carbocycles. The number of aliphatic hydroxyl groups is 1. The monoisotopic (exact) mass is 147 g/mol. The normalized spacial score (nSPS) is 10.2. The van der Waals surface area contributed by atoms with Gasteiger partial charge in [-0.15, -0.1) is 0 Å². The predicted molar refractivity (Wildman–Crippen MR) is 40.6 cm³/mol. The Morgan fingerprint density at radius 3 is 2.50 bits per heavy atom. The van der Waals surface area contributed by atoms with Gasteiger partial charge in [0, 0.05) is 13.2 Å². The Morgan fingerprint density at radius 1 is 1.20 bits per heavy atom. The first-order chi connectivity index (χ1) is 4.91. The molecule has 3 nitrogen and oxygen atoms in total. The number of hydrogen-bond donors (Lipinski definition) is 2. The van der Waals surface area contributed by atoms with E-state index in [4.69, 9.17) is 5.11 Å². The maximum atomic E-state index is 8.43. The molecule has 10 heavy (non-hydrogen) atoms. The van der Waals surface area contributed by atoms with E-state index in [0.29, 0.717) is 6.61 Å². The molecule has 0 unspecified atom stereocenters. The summed E-state index contributed by atoms with van der Waals surface area (Å²) in [6.45, 7) is 1.22. The van der Waals surface area contributed by atoms with Gasteiger partial charge in [-0.25, -0.2) is 5.48 Å². The minimum Gasteiger partial charge on any atom is -0.396 e. The molecule has 0 aromatic carbocycles. The lowest BCUT2D eigenvalue weighted by molar-refractivity contribution is 0.0903. The molecule has 0 aliphatic heterocycles. The summed E-state index contributed by atoms with van der Waals surface area (Å²) in [5, 5.41) is 8.43. The maximum Gasteiger partial charge on any atom is 0.0572 e. The zero-order valence-electron chi connectivity index (χ0n) is 6.60. The Labute approximate surface area is 62.3 Å². The van der Waals surface area contributed by atoms with Crippen LogP contribution in [0.25, 0.3) is 0 Å². The van der Waals surface area contributed by atoms with Crippen molar-refractivity contribution in [2.24, 2.45) is 0 Å². The Balaban J connectivity index is 2.65. The lowest BCUT2D eigenvalue weighted by atomic mass is 10.2. The van der Waals surface area contributed by atoms with Crippen molar-refractivity contribution in [2.75, 3.05) is 20.3 Å². The highest BCUT2D eigenvalue weighted by molar-refractivity contribution is 4.42. The van der Waals surface area contributed by atoms with E-state index in [9.17, 15) is 0 Å². The van der Waals surface area contributed by atoms with E-state index in [1.54, 1.807) is 7.11 Å². The Kier molecular flexibility index (Phi) is 8.77. The standard InChI is InChI=1S/C7H17NO2/c1-10-8-6-4-2-3-5-7-9/h8-9H,2-7H2,1H3. The first-order valence-electron chi connectivity index (χ1n) is 3.78. The zero-order valence-corrected chi connectivity index (χ0v) is 6.60. The van der Waals surface area contributed by atoms with Crippen LogP contribution in [-0.2, 0) is 4.84 Å². The summed E-state index contributed by atoms with van der Waals surface area (Å²) in [7, 11) is 1.62. The van der Waals surface area contributed by atoms with Crippen LogP contribution < -0.4 is 5.48 Å². The molecule has 0 bridgehead atoms. The molecule has 62 valence electrons. The molecule has 2 N–H and O–H groups in total. The second-order valence-corrected chi connectivity index (χ2v) is 2.24. The van der Waals surface area contributed by atoms with E-state index >= 15 is 0 Å². The van der Waals surface area contributed by atoms with Gasteiger partial charge in [0.25, 0.3) is 0 Å². The minimum atomic E-state index is 0.317. The van der Waals surface area contributed by atoms with Gasteiger partial charge in [-0.3, -0.25) is 0 Å². The number of nitrogens with one attached hydrogen (secondary N) is 1. The van der Waals surface area contributed by atoms with Crippen molar-refractivity contribution in [3.05, 3.63) is 0 Å². The molecule has 0 atom stereocenters. The van der Waals surface area contributed by atoms with E-state index in [1.165, 1.54) is 0 Å². The average Bonchev–Trinajstić information content (AvgIpc) is 1.97. The van der Waals surface area contributed by atoms with Gasteiger partial charge in [0.05, 0.1) is 7.11 Å². The van der Waals surface area contributed by atoms with Gasteiger partial charge < -0.3 is 9.94 Å². The first kappa shape index (κ1) is 9.88. The predicted octanol–water partition coefficient (Wildman–Crippen LogP) is 0.690. The van der Waals surface area contributed by atoms with Gasteiger partial charge in [-0.05, 0) is 12.8 Å². The highest BCUT2D eigenvalue weighted by atomic mass is 16.6. The molecule has 0 aromatic heterocycles. The Bertz CT molecular complexity index is 51.6. The van der Waals surface area contributed by atoms with Crippen molar-refractivity contribution >= 4 is 0 Å². The lowest BCUT2D eigenvalue weighted by Gasteiger charge is -1.99. The van der Waals surface area contributed by atoms with Crippen LogP contribution in [0, 0.1) is 0 Å². The summed E-state index contributed by atoms with van der Waals surface area (Å²) < 4.78 is 0. The number of unbranched alkanes of at least 4 members (excludes halogenated alkanes) is 3. The average molecular weight is 147 g/mol. The summed E-state index contributed by atoms with van der Waals surface area (Å²) in [6.07, 6.45) is 4.32. The van der Waals surface area contributed by atoms with Crippen LogP contribution in [-0.4, -0.2) is 25.4 Å². The summed E-state index contributed by atoms with van der Waals surface area (Å²) >= 11 is 0. The van der Waals surface area contributed by atoms with Crippen LogP contribution in [0.15, 0.2) is 0 Å². The molecule has 0 saturated carbocycles.